The van der Waals surface area contributed by atoms with Gasteiger partial charge in [0.25, 0.3) is 5.91 Å². The van der Waals surface area contributed by atoms with Gasteiger partial charge in [-0.15, -0.1) is 0 Å². The molecular weight excluding hydrogens is 743 g/mol. The first-order chi connectivity index (χ1) is 28.1. The largest absolute Gasteiger partial charge is 0.453 e. The van der Waals surface area contributed by atoms with Crippen molar-refractivity contribution in [2.75, 3.05) is 27.3 Å². The van der Waals surface area contributed by atoms with E-state index >= 15 is 0 Å². The molecule has 7 rings (SSSR count). The molecule has 5 heterocycles. The number of nitrogens with two attached hydrogens (primary N) is 1. The number of imidazole rings is 2. The third-order valence-electron chi connectivity index (χ3n) is 10.8. The molecule has 16 heteroatoms. The molecule has 5 aromatic rings. The number of alkyl carbamates (subject to hydrolysis) is 1. The summed E-state index contributed by atoms with van der Waals surface area (Å²) in [6, 6.07) is 20.2. The smallest absolute Gasteiger partial charge is 0.407 e. The van der Waals surface area contributed by atoms with E-state index in [0.29, 0.717) is 36.9 Å². The van der Waals surface area contributed by atoms with Gasteiger partial charge in [-0.3, -0.25) is 14.6 Å². The molecule has 2 saturated heterocycles. The minimum Gasteiger partial charge on any atom is -0.453 e. The predicted molar refractivity (Wildman–Crippen MR) is 213 cm³/mol. The summed E-state index contributed by atoms with van der Waals surface area (Å²) in [5.41, 5.74) is 11.5. The van der Waals surface area contributed by atoms with Gasteiger partial charge in [-0.25, -0.2) is 19.6 Å². The number of hydrogen-bond acceptors (Lipinski definition) is 10. The average Bonchev–Trinajstić information content (AvgIpc) is 4.09. The Morgan fingerprint density at radius 1 is 0.776 bits per heavy atom. The van der Waals surface area contributed by atoms with Crippen molar-refractivity contribution >= 4 is 24.0 Å². The fourth-order valence-electron chi connectivity index (χ4n) is 7.71. The summed E-state index contributed by atoms with van der Waals surface area (Å²) < 4.78 is 15.4. The van der Waals surface area contributed by atoms with Crippen LogP contribution in [0.15, 0.2) is 85.3 Å². The lowest BCUT2D eigenvalue weighted by molar-refractivity contribution is -0.141. The van der Waals surface area contributed by atoms with E-state index in [4.69, 9.17) is 19.9 Å². The molecule has 1 unspecified atom stereocenters. The molecule has 3 aromatic heterocycles. The zero-order chi connectivity index (χ0) is 40.8. The first-order valence-electron chi connectivity index (χ1n) is 19.3. The van der Waals surface area contributed by atoms with Gasteiger partial charge in [0.05, 0.1) is 49.1 Å². The van der Waals surface area contributed by atoms with Crippen molar-refractivity contribution < 1.29 is 33.4 Å². The summed E-state index contributed by atoms with van der Waals surface area (Å²) >= 11 is 0. The third kappa shape index (κ3) is 8.71. The molecule has 2 aliphatic heterocycles. The number of ether oxygens (including phenoxy) is 3. The van der Waals surface area contributed by atoms with Crippen molar-refractivity contribution in [3.8, 4) is 33.6 Å². The highest BCUT2D eigenvalue weighted by Gasteiger charge is 2.39. The number of hydrogen-bond donors (Lipinski definition) is 4. The quantitative estimate of drug-likeness (QED) is 0.121. The Balaban J connectivity index is 0.999. The number of rotatable bonds is 13. The molecule has 5 N–H and O–H groups in total. The van der Waals surface area contributed by atoms with E-state index in [1.165, 1.54) is 14.2 Å². The predicted octanol–water partition coefficient (Wildman–Crippen LogP) is 5.32. The topological polar surface area (TPSA) is 211 Å². The molecular formula is C42H47N9O7. The van der Waals surface area contributed by atoms with Crippen LogP contribution in [0.25, 0.3) is 33.6 Å². The minimum absolute atomic E-state index is 0.118. The number of aromatic amines is 2. The molecule has 4 amide bonds. The highest BCUT2D eigenvalue weighted by Crippen LogP contribution is 2.35. The summed E-state index contributed by atoms with van der Waals surface area (Å²) in [6.07, 6.45) is 4.95. The number of likely N-dealkylation sites (tertiary alicyclic amines) is 2. The van der Waals surface area contributed by atoms with Crippen molar-refractivity contribution in [1.82, 2.24) is 40.0 Å². The van der Waals surface area contributed by atoms with E-state index in [0.717, 1.165) is 52.9 Å². The van der Waals surface area contributed by atoms with Crippen LogP contribution in [-0.2, 0) is 30.2 Å². The van der Waals surface area contributed by atoms with Crippen molar-refractivity contribution in [2.45, 2.75) is 69.4 Å². The van der Waals surface area contributed by atoms with Gasteiger partial charge in [-0.05, 0) is 67.0 Å². The minimum atomic E-state index is -1.09. The van der Waals surface area contributed by atoms with E-state index in [2.05, 4.69) is 42.4 Å². The standard InChI is InChI=1S/C42H47N9O7/c1-25(56-2)36(49-42(55)57-3)40(53)51-21-7-10-34(51)38-46-24-32(48-38)29-17-13-27(14-18-29)26-11-15-28(16-12-26)31-23-45-37(47-31)33-9-6-20-50(33)39(52)35(58-41(43)54)22-30-8-4-5-19-44-30/h4-5,8,11-19,23-25,33-36H,6-7,9-10,20-22H2,1-3H3,(H2,43,54)(H,45,47)(H,46,48)(H,49,55)/t25-,33+,34?,35+,36+/m1/s1. The van der Waals surface area contributed by atoms with Gasteiger partial charge in [0.1, 0.15) is 17.7 Å². The molecule has 302 valence electrons. The van der Waals surface area contributed by atoms with E-state index < -0.39 is 30.4 Å². The van der Waals surface area contributed by atoms with Crippen LogP contribution >= 0.6 is 0 Å². The van der Waals surface area contributed by atoms with E-state index in [9.17, 15) is 19.2 Å². The number of pyridine rings is 1. The van der Waals surface area contributed by atoms with Crippen LogP contribution in [0.2, 0.25) is 0 Å². The Bertz CT molecular complexity index is 2210. The van der Waals surface area contributed by atoms with Crippen LogP contribution in [-0.4, -0.2) is 104 Å². The second-order valence-electron chi connectivity index (χ2n) is 14.4. The number of carbonyl (C=O) groups excluding carboxylic acids is 4. The maximum Gasteiger partial charge on any atom is 0.407 e. The molecule has 5 atom stereocenters. The molecule has 2 aromatic carbocycles. The number of nitrogens with zero attached hydrogens (tertiary/aromatic N) is 5. The number of benzene rings is 2. The average molecular weight is 790 g/mol. The molecule has 0 bridgehead atoms. The molecule has 0 radical (unpaired) electrons. The number of methoxy groups -OCH3 is 2. The summed E-state index contributed by atoms with van der Waals surface area (Å²) in [5, 5.41) is 2.62. The monoisotopic (exact) mass is 789 g/mol. The first kappa shape index (κ1) is 39.7. The Morgan fingerprint density at radius 2 is 1.31 bits per heavy atom. The van der Waals surface area contributed by atoms with Gasteiger partial charge in [0.2, 0.25) is 5.91 Å². The number of primary amides is 1. The van der Waals surface area contributed by atoms with Crippen molar-refractivity contribution in [3.63, 3.8) is 0 Å². The zero-order valence-electron chi connectivity index (χ0n) is 32.6. The van der Waals surface area contributed by atoms with Gasteiger partial charge in [0.15, 0.2) is 6.10 Å². The Morgan fingerprint density at radius 3 is 1.79 bits per heavy atom. The zero-order valence-corrected chi connectivity index (χ0v) is 32.6. The Hall–Kier alpha value is -6.55. The number of H-pyrrole nitrogens is 2. The maximum absolute atomic E-state index is 13.7. The summed E-state index contributed by atoms with van der Waals surface area (Å²) in [5.74, 6) is 0.748. The Labute approximate surface area is 335 Å². The lowest BCUT2D eigenvalue weighted by Gasteiger charge is -2.30. The SMILES string of the molecule is COC(=O)N[C@H](C(=O)N1CCCC1c1ncc(-c2ccc(-c3ccc(-c4cnc([C@@H]5CCCN5C(=O)[C@H](Cc5ccccn5)OC(N)=O)[nH]4)cc3)cc2)[nH]1)[C@@H](C)OC. The molecule has 2 aliphatic rings. The van der Waals surface area contributed by atoms with E-state index in [1.54, 1.807) is 47.4 Å². The van der Waals surface area contributed by atoms with Crippen molar-refractivity contribution in [3.05, 3.63) is 103 Å². The second-order valence-corrected chi connectivity index (χ2v) is 14.4. The van der Waals surface area contributed by atoms with E-state index in [1.807, 2.05) is 42.5 Å². The highest BCUT2D eigenvalue weighted by atomic mass is 16.6. The highest BCUT2D eigenvalue weighted by molar-refractivity contribution is 5.87. The number of carbonyl (C=O) groups is 4. The molecule has 0 spiro atoms. The van der Waals surface area contributed by atoms with Crippen molar-refractivity contribution in [1.29, 1.82) is 0 Å². The molecule has 0 aliphatic carbocycles. The van der Waals surface area contributed by atoms with Gasteiger partial charge in [-0.2, -0.15) is 0 Å². The second kappa shape index (κ2) is 17.7. The van der Waals surface area contributed by atoms with E-state index in [-0.39, 0.29) is 30.3 Å². The first-order valence-corrected chi connectivity index (χ1v) is 19.3. The lowest BCUT2D eigenvalue weighted by atomic mass is 10.0. The van der Waals surface area contributed by atoms with Gasteiger partial charge in [0, 0.05) is 38.5 Å². The van der Waals surface area contributed by atoms with Crippen LogP contribution < -0.4 is 11.1 Å². The third-order valence-corrected chi connectivity index (χ3v) is 10.8. The Kier molecular flexibility index (Phi) is 12.1. The summed E-state index contributed by atoms with van der Waals surface area (Å²) in [7, 11) is 2.75. The molecule has 0 saturated carbocycles. The summed E-state index contributed by atoms with van der Waals surface area (Å²) in [4.78, 5) is 74.9. The van der Waals surface area contributed by atoms with Gasteiger partial charge >= 0.3 is 12.2 Å². The van der Waals surface area contributed by atoms with Crippen LogP contribution in [0, 0.1) is 0 Å². The molecule has 58 heavy (non-hydrogen) atoms. The van der Waals surface area contributed by atoms with Crippen LogP contribution in [0.3, 0.4) is 0 Å². The van der Waals surface area contributed by atoms with Crippen molar-refractivity contribution in [2.24, 2.45) is 5.73 Å². The number of amides is 4. The number of nitrogens with one attached hydrogen (secondary N) is 3. The van der Waals surface area contributed by atoms with Gasteiger partial charge in [-0.1, -0.05) is 54.6 Å². The van der Waals surface area contributed by atoms with Crippen LogP contribution in [0.1, 0.15) is 62.0 Å². The normalized spacial score (nSPS) is 18.1. The van der Waals surface area contributed by atoms with Crippen LogP contribution in [0.5, 0.6) is 0 Å². The van der Waals surface area contributed by atoms with Gasteiger partial charge < -0.3 is 45.0 Å². The molecule has 16 nitrogen and oxygen atoms in total. The van der Waals surface area contributed by atoms with Crippen LogP contribution in [0.4, 0.5) is 9.59 Å². The maximum atomic E-state index is 13.7. The molecule has 2 fully saturated rings. The fourth-order valence-corrected chi connectivity index (χ4v) is 7.71. The lowest BCUT2D eigenvalue weighted by Crippen LogP contribution is -2.54. The number of aromatic nitrogens is 5. The fraction of sp³-hybridized carbons (Fsp3) is 0.357. The summed E-state index contributed by atoms with van der Waals surface area (Å²) in [6.45, 7) is 2.77.